The lowest BCUT2D eigenvalue weighted by molar-refractivity contribution is -0.152. The molecule has 0 N–H and O–H groups in total. The number of rotatable bonds is 5. The number of aromatic nitrogens is 2. The zero-order valence-electron chi connectivity index (χ0n) is 17.1. The molecule has 166 valence electrons. The maximum Gasteiger partial charge on any atom is 0.408 e. The van der Waals surface area contributed by atoms with Crippen molar-refractivity contribution in [3.05, 3.63) is 16.4 Å². The molecule has 2 atom stereocenters. The molecule has 0 radical (unpaired) electrons. The van der Waals surface area contributed by atoms with E-state index in [0.717, 1.165) is 12.8 Å². The van der Waals surface area contributed by atoms with E-state index in [1.165, 1.54) is 22.6 Å². The number of alkyl halides is 3. The Morgan fingerprint density at radius 2 is 2.10 bits per heavy atom. The predicted octanol–water partition coefficient (Wildman–Crippen LogP) is 2.02. The minimum atomic E-state index is -4.45. The van der Waals surface area contributed by atoms with Crippen molar-refractivity contribution in [3.63, 3.8) is 0 Å². The molecule has 2 aliphatic heterocycles. The summed E-state index contributed by atoms with van der Waals surface area (Å²) >= 11 is 0. The van der Waals surface area contributed by atoms with Crippen molar-refractivity contribution >= 4 is 17.5 Å². The average molecular weight is 429 g/mol. The lowest BCUT2D eigenvalue weighted by Gasteiger charge is -2.40. The van der Waals surface area contributed by atoms with E-state index in [-0.39, 0.29) is 43.0 Å². The van der Waals surface area contributed by atoms with Crippen LogP contribution in [0.5, 0.6) is 0 Å². The van der Waals surface area contributed by atoms with Crippen LogP contribution in [0.2, 0.25) is 0 Å². The molecule has 1 aromatic heterocycles. The molecule has 0 amide bonds. The molecular weight excluding hydrogens is 403 g/mol. The number of morpholine rings is 1. The molecule has 0 aromatic carbocycles. The number of ether oxygens (including phenoxy) is 1. The molecule has 4 rings (SSSR count). The summed E-state index contributed by atoms with van der Waals surface area (Å²) in [6.45, 7) is 3.31. The Morgan fingerprint density at radius 3 is 2.73 bits per heavy atom. The van der Waals surface area contributed by atoms with Crippen LogP contribution in [-0.2, 0) is 16.1 Å². The van der Waals surface area contributed by atoms with Crippen molar-refractivity contribution in [2.75, 3.05) is 43.2 Å². The van der Waals surface area contributed by atoms with Crippen LogP contribution in [0.3, 0.4) is 0 Å². The summed E-state index contributed by atoms with van der Waals surface area (Å²) in [5, 5.41) is 3.98. The van der Waals surface area contributed by atoms with E-state index in [1.807, 2.05) is 11.8 Å². The SMILES string of the molecule is CON=C(CN1c2nc(N3CCOCC3C)cc(=O)n2CCC1C(F)(F)F)C1CC1. The summed E-state index contributed by atoms with van der Waals surface area (Å²) in [5.74, 6) is 0.532. The molecule has 1 aromatic rings. The van der Waals surface area contributed by atoms with Crippen LogP contribution in [0.25, 0.3) is 0 Å². The van der Waals surface area contributed by atoms with Crippen molar-refractivity contribution in [1.82, 2.24) is 9.55 Å². The molecule has 3 heterocycles. The number of hydrogen-bond acceptors (Lipinski definition) is 7. The van der Waals surface area contributed by atoms with Gasteiger partial charge in [-0.05, 0) is 26.2 Å². The lowest BCUT2D eigenvalue weighted by atomic mass is 10.1. The third-order valence-corrected chi connectivity index (χ3v) is 5.86. The summed E-state index contributed by atoms with van der Waals surface area (Å²) in [4.78, 5) is 25.3. The van der Waals surface area contributed by atoms with Gasteiger partial charge in [-0.1, -0.05) is 5.16 Å². The van der Waals surface area contributed by atoms with Gasteiger partial charge in [0, 0.05) is 25.1 Å². The molecule has 0 bridgehead atoms. The second kappa shape index (κ2) is 8.09. The number of anilines is 2. The Kier molecular flexibility index (Phi) is 5.65. The van der Waals surface area contributed by atoms with E-state index >= 15 is 0 Å². The average Bonchev–Trinajstić information content (AvgIpc) is 3.52. The standard InChI is InChI=1S/C19H26F3N5O3/c1-12-11-30-8-7-25(12)16-9-17(28)26-6-5-15(19(20,21)22)27(18(26)23-16)10-14(24-29-2)13-3-4-13/h9,12-13,15H,3-8,10-11H2,1-2H3. The molecule has 1 saturated heterocycles. The zero-order valence-corrected chi connectivity index (χ0v) is 17.1. The van der Waals surface area contributed by atoms with Crippen LogP contribution >= 0.6 is 0 Å². The first kappa shape index (κ1) is 21.0. The summed E-state index contributed by atoms with van der Waals surface area (Å²) in [6, 6.07) is -0.355. The fourth-order valence-electron chi connectivity index (χ4n) is 4.13. The highest BCUT2D eigenvalue weighted by Gasteiger charge is 2.48. The lowest BCUT2D eigenvalue weighted by Crippen LogP contribution is -2.54. The smallest absolute Gasteiger partial charge is 0.399 e. The highest BCUT2D eigenvalue weighted by Crippen LogP contribution is 2.37. The van der Waals surface area contributed by atoms with Gasteiger partial charge in [0.2, 0.25) is 5.95 Å². The topological polar surface area (TPSA) is 72.2 Å². The third kappa shape index (κ3) is 4.12. The summed E-state index contributed by atoms with van der Waals surface area (Å²) < 4.78 is 48.5. The molecule has 8 nitrogen and oxygen atoms in total. The Balaban J connectivity index is 1.76. The van der Waals surface area contributed by atoms with E-state index in [2.05, 4.69) is 10.1 Å². The van der Waals surface area contributed by atoms with Gasteiger partial charge in [0.1, 0.15) is 19.0 Å². The van der Waals surface area contributed by atoms with Crippen LogP contribution in [0.1, 0.15) is 26.2 Å². The fourth-order valence-corrected chi connectivity index (χ4v) is 4.13. The first-order chi connectivity index (χ1) is 14.3. The van der Waals surface area contributed by atoms with Crippen molar-refractivity contribution in [2.24, 2.45) is 11.1 Å². The van der Waals surface area contributed by atoms with Crippen molar-refractivity contribution in [2.45, 2.75) is 51.0 Å². The van der Waals surface area contributed by atoms with Gasteiger partial charge in [0.25, 0.3) is 5.56 Å². The van der Waals surface area contributed by atoms with Gasteiger partial charge in [0.05, 0.1) is 31.5 Å². The minimum Gasteiger partial charge on any atom is -0.399 e. The van der Waals surface area contributed by atoms with Crippen LogP contribution in [0.15, 0.2) is 16.0 Å². The van der Waals surface area contributed by atoms with Gasteiger partial charge in [-0.15, -0.1) is 0 Å². The minimum absolute atomic E-state index is 0.0266. The highest BCUT2D eigenvalue weighted by molar-refractivity contribution is 5.92. The summed E-state index contributed by atoms with van der Waals surface area (Å²) in [6.07, 6.45) is -2.92. The molecule has 0 spiro atoms. The van der Waals surface area contributed by atoms with Gasteiger partial charge in [-0.2, -0.15) is 18.2 Å². The van der Waals surface area contributed by atoms with E-state index in [4.69, 9.17) is 9.57 Å². The Labute approximate surface area is 172 Å². The van der Waals surface area contributed by atoms with Crippen LogP contribution in [-0.4, -0.2) is 66.9 Å². The Bertz CT molecular complexity index is 868. The van der Waals surface area contributed by atoms with E-state index in [9.17, 15) is 18.0 Å². The first-order valence-electron chi connectivity index (χ1n) is 10.2. The molecule has 2 fully saturated rings. The van der Waals surface area contributed by atoms with Gasteiger partial charge in [-0.25, -0.2) is 0 Å². The third-order valence-electron chi connectivity index (χ3n) is 5.86. The second-order valence-electron chi connectivity index (χ2n) is 8.04. The maximum atomic E-state index is 13.9. The Hall–Kier alpha value is -2.30. The predicted molar refractivity (Wildman–Crippen MR) is 105 cm³/mol. The van der Waals surface area contributed by atoms with Crippen molar-refractivity contribution in [1.29, 1.82) is 0 Å². The number of fused-ring (bicyclic) bond motifs is 1. The van der Waals surface area contributed by atoms with Gasteiger partial charge < -0.3 is 19.4 Å². The molecule has 1 saturated carbocycles. The van der Waals surface area contributed by atoms with E-state index < -0.39 is 12.2 Å². The van der Waals surface area contributed by atoms with E-state index in [0.29, 0.717) is 31.3 Å². The molecule has 3 aliphatic rings. The largest absolute Gasteiger partial charge is 0.408 e. The van der Waals surface area contributed by atoms with Crippen LogP contribution in [0, 0.1) is 5.92 Å². The number of hydrogen-bond donors (Lipinski definition) is 0. The quantitative estimate of drug-likeness (QED) is 0.527. The van der Waals surface area contributed by atoms with Crippen LogP contribution < -0.4 is 15.4 Å². The van der Waals surface area contributed by atoms with Crippen LogP contribution in [0.4, 0.5) is 24.9 Å². The first-order valence-corrected chi connectivity index (χ1v) is 10.2. The summed E-state index contributed by atoms with van der Waals surface area (Å²) in [5.41, 5.74) is 0.204. The van der Waals surface area contributed by atoms with Gasteiger partial charge >= 0.3 is 6.18 Å². The molecular formula is C19H26F3N5O3. The normalized spacial score (nSPS) is 25.3. The Morgan fingerprint density at radius 1 is 1.33 bits per heavy atom. The molecule has 2 unspecified atom stereocenters. The summed E-state index contributed by atoms with van der Waals surface area (Å²) in [7, 11) is 1.38. The molecule has 1 aliphatic carbocycles. The second-order valence-corrected chi connectivity index (χ2v) is 8.04. The number of halogens is 3. The zero-order chi connectivity index (χ0) is 21.5. The van der Waals surface area contributed by atoms with Crippen molar-refractivity contribution < 1.29 is 22.7 Å². The number of nitrogens with zero attached hydrogens (tertiary/aromatic N) is 5. The monoisotopic (exact) mass is 429 g/mol. The molecule has 30 heavy (non-hydrogen) atoms. The maximum absolute atomic E-state index is 13.9. The fraction of sp³-hybridized carbons (Fsp3) is 0.737. The van der Waals surface area contributed by atoms with Gasteiger partial charge in [0.15, 0.2) is 0 Å². The highest BCUT2D eigenvalue weighted by atomic mass is 19.4. The van der Waals surface area contributed by atoms with E-state index in [1.54, 1.807) is 0 Å². The van der Waals surface area contributed by atoms with Gasteiger partial charge in [-0.3, -0.25) is 9.36 Å². The van der Waals surface area contributed by atoms with Crippen molar-refractivity contribution in [3.8, 4) is 0 Å². The number of oxime groups is 1. The molecule has 11 heteroatoms.